The lowest BCUT2D eigenvalue weighted by molar-refractivity contribution is -0.128. The van der Waals surface area contributed by atoms with Crippen LogP contribution in [0.2, 0.25) is 0 Å². The molecule has 1 saturated heterocycles. The molecular formula is C22H20N4O2S. The lowest BCUT2D eigenvalue weighted by Crippen LogP contribution is -2.23. The molecule has 1 aliphatic heterocycles. The van der Waals surface area contributed by atoms with Gasteiger partial charge in [0.05, 0.1) is 0 Å². The summed E-state index contributed by atoms with van der Waals surface area (Å²) in [6, 6.07) is 16.6. The first kappa shape index (κ1) is 19.1. The Balaban J connectivity index is 1.38. The first-order chi connectivity index (χ1) is 14.2. The summed E-state index contributed by atoms with van der Waals surface area (Å²) in [7, 11) is 0. The molecule has 0 spiro atoms. The molecule has 3 heterocycles. The standard InChI is InChI=1S/C22H20N4O2S/c27-21-5-3-13-26(21)15-16-6-8-17(9-7-16)22(28)25-18-10-12-24-20(14-18)29-19-4-1-2-11-23-19/h1-2,4,6-12,14H,3,5,13,15H2,(H,24,25,28). The predicted octanol–water partition coefficient (Wildman–Crippen LogP) is 4.00. The fourth-order valence-corrected chi connectivity index (χ4v) is 3.89. The van der Waals surface area contributed by atoms with Crippen LogP contribution >= 0.6 is 11.8 Å². The summed E-state index contributed by atoms with van der Waals surface area (Å²) in [4.78, 5) is 34.8. The first-order valence-corrected chi connectivity index (χ1v) is 10.2. The average molecular weight is 404 g/mol. The fourth-order valence-electron chi connectivity index (χ4n) is 3.11. The summed E-state index contributed by atoms with van der Waals surface area (Å²) in [6.07, 6.45) is 4.95. The lowest BCUT2D eigenvalue weighted by atomic mass is 10.1. The summed E-state index contributed by atoms with van der Waals surface area (Å²) in [5, 5.41) is 4.51. The van der Waals surface area contributed by atoms with Gasteiger partial charge in [0, 0.05) is 43.2 Å². The number of anilines is 1. The molecule has 0 saturated carbocycles. The molecular weight excluding hydrogens is 384 g/mol. The van der Waals surface area contributed by atoms with Crippen molar-refractivity contribution in [3.63, 3.8) is 0 Å². The smallest absolute Gasteiger partial charge is 0.255 e. The van der Waals surface area contributed by atoms with Crippen LogP contribution in [0.25, 0.3) is 0 Å². The molecule has 2 aromatic heterocycles. The number of benzene rings is 1. The zero-order chi connectivity index (χ0) is 20.1. The van der Waals surface area contributed by atoms with E-state index in [0.29, 0.717) is 24.2 Å². The number of amides is 2. The van der Waals surface area contributed by atoms with E-state index in [1.165, 1.54) is 11.8 Å². The maximum atomic E-state index is 12.6. The molecule has 4 rings (SSSR count). The molecule has 0 unspecified atom stereocenters. The number of hydrogen-bond acceptors (Lipinski definition) is 5. The zero-order valence-corrected chi connectivity index (χ0v) is 16.6. The van der Waals surface area contributed by atoms with Crippen LogP contribution in [-0.4, -0.2) is 33.2 Å². The van der Waals surface area contributed by atoms with E-state index in [1.807, 2.05) is 41.3 Å². The van der Waals surface area contributed by atoms with Gasteiger partial charge in [0.1, 0.15) is 10.1 Å². The molecule has 0 radical (unpaired) electrons. The van der Waals surface area contributed by atoms with Crippen molar-refractivity contribution < 1.29 is 9.59 Å². The lowest BCUT2D eigenvalue weighted by Gasteiger charge is -2.15. The first-order valence-electron chi connectivity index (χ1n) is 9.40. The number of carbonyl (C=O) groups excluding carboxylic acids is 2. The quantitative estimate of drug-likeness (QED) is 0.672. The Bertz CT molecular complexity index is 1010. The number of aromatic nitrogens is 2. The summed E-state index contributed by atoms with van der Waals surface area (Å²) in [6.45, 7) is 1.40. The van der Waals surface area contributed by atoms with E-state index >= 15 is 0 Å². The van der Waals surface area contributed by atoms with Crippen molar-refractivity contribution in [1.29, 1.82) is 0 Å². The van der Waals surface area contributed by atoms with E-state index in [1.54, 1.807) is 30.6 Å². The average Bonchev–Trinajstić information content (AvgIpc) is 3.14. The Morgan fingerprint density at radius 3 is 2.59 bits per heavy atom. The van der Waals surface area contributed by atoms with E-state index in [4.69, 9.17) is 0 Å². The minimum Gasteiger partial charge on any atom is -0.338 e. The molecule has 1 aliphatic rings. The summed E-state index contributed by atoms with van der Waals surface area (Å²) in [5.74, 6) is 0.0117. The van der Waals surface area contributed by atoms with Crippen molar-refractivity contribution in [3.05, 3.63) is 78.1 Å². The van der Waals surface area contributed by atoms with Gasteiger partial charge < -0.3 is 10.2 Å². The van der Waals surface area contributed by atoms with Gasteiger partial charge in [0.2, 0.25) is 5.91 Å². The van der Waals surface area contributed by atoms with Gasteiger partial charge >= 0.3 is 0 Å². The number of nitrogens with zero attached hydrogens (tertiary/aromatic N) is 3. The van der Waals surface area contributed by atoms with Crippen LogP contribution in [0.5, 0.6) is 0 Å². The normalized spacial score (nSPS) is 13.5. The number of likely N-dealkylation sites (tertiary alicyclic amines) is 1. The van der Waals surface area contributed by atoms with E-state index in [-0.39, 0.29) is 11.8 Å². The number of rotatable bonds is 6. The highest BCUT2D eigenvalue weighted by Gasteiger charge is 2.20. The van der Waals surface area contributed by atoms with Crippen molar-refractivity contribution >= 4 is 29.3 Å². The van der Waals surface area contributed by atoms with Crippen molar-refractivity contribution in [1.82, 2.24) is 14.9 Å². The Hall–Kier alpha value is -3.19. The highest BCUT2D eigenvalue weighted by atomic mass is 32.2. The van der Waals surface area contributed by atoms with Gasteiger partial charge in [-0.15, -0.1) is 0 Å². The highest BCUT2D eigenvalue weighted by molar-refractivity contribution is 7.99. The molecule has 2 amide bonds. The van der Waals surface area contributed by atoms with E-state index < -0.39 is 0 Å². The van der Waals surface area contributed by atoms with Crippen LogP contribution in [0.4, 0.5) is 5.69 Å². The summed E-state index contributed by atoms with van der Waals surface area (Å²) >= 11 is 1.44. The van der Waals surface area contributed by atoms with Gasteiger partial charge in [-0.1, -0.05) is 30.0 Å². The predicted molar refractivity (Wildman–Crippen MR) is 112 cm³/mol. The highest BCUT2D eigenvalue weighted by Crippen LogP contribution is 2.25. The van der Waals surface area contributed by atoms with Crippen LogP contribution < -0.4 is 5.32 Å². The number of hydrogen-bond donors (Lipinski definition) is 1. The summed E-state index contributed by atoms with van der Waals surface area (Å²) in [5.41, 5.74) is 2.27. The molecule has 1 N–H and O–H groups in total. The minimum atomic E-state index is -0.186. The zero-order valence-electron chi connectivity index (χ0n) is 15.7. The molecule has 6 nitrogen and oxygen atoms in total. The Morgan fingerprint density at radius 1 is 1.03 bits per heavy atom. The van der Waals surface area contributed by atoms with Crippen LogP contribution in [0.3, 0.4) is 0 Å². The number of pyridine rings is 2. The number of nitrogens with one attached hydrogen (secondary N) is 1. The van der Waals surface area contributed by atoms with Crippen molar-refractivity contribution in [2.24, 2.45) is 0 Å². The second kappa shape index (κ2) is 8.87. The van der Waals surface area contributed by atoms with Crippen LogP contribution in [0, 0.1) is 0 Å². The van der Waals surface area contributed by atoms with Gasteiger partial charge in [-0.05, 0) is 48.4 Å². The van der Waals surface area contributed by atoms with Gasteiger partial charge in [0.15, 0.2) is 0 Å². The van der Waals surface area contributed by atoms with Crippen molar-refractivity contribution in [2.45, 2.75) is 29.4 Å². The van der Waals surface area contributed by atoms with Crippen LogP contribution in [0.15, 0.2) is 77.0 Å². The molecule has 0 aliphatic carbocycles. The monoisotopic (exact) mass is 404 g/mol. The van der Waals surface area contributed by atoms with Crippen molar-refractivity contribution in [2.75, 3.05) is 11.9 Å². The largest absolute Gasteiger partial charge is 0.338 e. The van der Waals surface area contributed by atoms with E-state index in [0.717, 1.165) is 28.6 Å². The Labute approximate surface area is 173 Å². The van der Waals surface area contributed by atoms with Gasteiger partial charge in [-0.2, -0.15) is 0 Å². The maximum Gasteiger partial charge on any atom is 0.255 e. The number of carbonyl (C=O) groups is 2. The Morgan fingerprint density at radius 2 is 1.86 bits per heavy atom. The molecule has 29 heavy (non-hydrogen) atoms. The fraction of sp³-hybridized carbons (Fsp3) is 0.182. The van der Waals surface area contributed by atoms with Crippen molar-refractivity contribution in [3.8, 4) is 0 Å². The van der Waals surface area contributed by atoms with Gasteiger partial charge in [-0.3, -0.25) is 9.59 Å². The van der Waals surface area contributed by atoms with Gasteiger partial charge in [0.25, 0.3) is 5.91 Å². The molecule has 3 aromatic rings. The topological polar surface area (TPSA) is 75.2 Å². The third-order valence-electron chi connectivity index (χ3n) is 4.60. The van der Waals surface area contributed by atoms with E-state index in [9.17, 15) is 9.59 Å². The second-order valence-electron chi connectivity index (χ2n) is 6.72. The summed E-state index contributed by atoms with van der Waals surface area (Å²) < 4.78 is 0. The third kappa shape index (κ3) is 5.00. The van der Waals surface area contributed by atoms with Gasteiger partial charge in [-0.25, -0.2) is 9.97 Å². The SMILES string of the molecule is O=C(Nc1ccnc(Sc2ccccn2)c1)c1ccc(CN2CCCC2=O)cc1. The Kier molecular flexibility index (Phi) is 5.86. The molecule has 146 valence electrons. The maximum absolute atomic E-state index is 12.6. The molecule has 7 heteroatoms. The molecule has 0 bridgehead atoms. The van der Waals surface area contributed by atoms with Crippen LogP contribution in [-0.2, 0) is 11.3 Å². The molecule has 1 fully saturated rings. The minimum absolute atomic E-state index is 0.186. The van der Waals surface area contributed by atoms with Crippen LogP contribution in [0.1, 0.15) is 28.8 Å². The third-order valence-corrected chi connectivity index (χ3v) is 5.48. The molecule has 1 aromatic carbocycles. The van der Waals surface area contributed by atoms with E-state index in [2.05, 4.69) is 15.3 Å². The second-order valence-corrected chi connectivity index (χ2v) is 7.76. The molecule has 0 atom stereocenters.